The van der Waals surface area contributed by atoms with Crippen molar-refractivity contribution in [1.82, 2.24) is 9.88 Å². The molecule has 0 atom stereocenters. The van der Waals surface area contributed by atoms with Crippen molar-refractivity contribution in [3.63, 3.8) is 0 Å². The second-order valence-electron chi connectivity index (χ2n) is 5.03. The van der Waals surface area contributed by atoms with Crippen LogP contribution in [0.15, 0.2) is 36.4 Å². The summed E-state index contributed by atoms with van der Waals surface area (Å²) in [5.41, 5.74) is 3.80. The molecule has 21 heavy (non-hydrogen) atoms. The van der Waals surface area contributed by atoms with Crippen molar-refractivity contribution in [3.05, 3.63) is 62.5 Å². The molecule has 0 aliphatic rings. The molecule has 0 aliphatic heterocycles. The van der Waals surface area contributed by atoms with Gasteiger partial charge in [-0.05, 0) is 67.1 Å². The van der Waals surface area contributed by atoms with Crippen LogP contribution in [0.5, 0.6) is 0 Å². The summed E-state index contributed by atoms with van der Waals surface area (Å²) in [5.74, 6) is 0.0638. The summed E-state index contributed by atoms with van der Waals surface area (Å²) in [5, 5.41) is 0. The predicted octanol–water partition coefficient (Wildman–Crippen LogP) is 3.97. The van der Waals surface area contributed by atoms with Crippen LogP contribution in [-0.4, -0.2) is 22.3 Å². The van der Waals surface area contributed by atoms with E-state index in [9.17, 15) is 4.79 Å². The maximum Gasteiger partial charge on any atom is 0.255 e. The third kappa shape index (κ3) is 3.81. The van der Waals surface area contributed by atoms with E-state index in [-0.39, 0.29) is 5.91 Å². The molecule has 2 rings (SSSR count). The Hall–Kier alpha value is -1.43. The van der Waals surface area contributed by atoms with E-state index < -0.39 is 0 Å². The molecule has 0 unspecified atom stereocenters. The summed E-state index contributed by atoms with van der Waals surface area (Å²) >= 11 is 2.24. The fourth-order valence-corrected chi connectivity index (χ4v) is 2.78. The molecule has 3 nitrogen and oxygen atoms in total. The first-order valence-corrected chi connectivity index (χ1v) is 8.07. The number of hydrogen-bond acceptors (Lipinski definition) is 2. The predicted molar refractivity (Wildman–Crippen MR) is 93.3 cm³/mol. The molecule has 1 heterocycles. The van der Waals surface area contributed by atoms with Crippen LogP contribution in [0, 0.1) is 17.4 Å². The van der Waals surface area contributed by atoms with E-state index >= 15 is 0 Å². The Bertz CT molecular complexity index is 655. The van der Waals surface area contributed by atoms with Crippen LogP contribution in [0.3, 0.4) is 0 Å². The second-order valence-corrected chi connectivity index (χ2v) is 6.10. The van der Waals surface area contributed by atoms with Crippen molar-refractivity contribution in [2.75, 3.05) is 6.54 Å². The minimum atomic E-state index is 0.0638. The lowest BCUT2D eigenvalue weighted by Gasteiger charge is -2.21. The fraction of sp³-hybridized carbons (Fsp3) is 0.294. The van der Waals surface area contributed by atoms with Gasteiger partial charge in [-0.15, -0.1) is 0 Å². The van der Waals surface area contributed by atoms with Gasteiger partial charge in [0.15, 0.2) is 0 Å². The maximum absolute atomic E-state index is 12.7. The van der Waals surface area contributed by atoms with E-state index in [1.165, 1.54) is 0 Å². The van der Waals surface area contributed by atoms with E-state index in [0.717, 1.165) is 26.1 Å². The number of amides is 1. The zero-order valence-electron chi connectivity index (χ0n) is 12.6. The molecule has 0 spiro atoms. The monoisotopic (exact) mass is 394 g/mol. The van der Waals surface area contributed by atoms with Crippen molar-refractivity contribution >= 4 is 28.5 Å². The van der Waals surface area contributed by atoms with Crippen LogP contribution in [0.25, 0.3) is 0 Å². The first-order valence-electron chi connectivity index (χ1n) is 7.00. The number of halogens is 1. The number of nitrogens with zero attached hydrogens (tertiary/aromatic N) is 2. The molecule has 0 bridgehead atoms. The molecule has 0 aliphatic carbocycles. The largest absolute Gasteiger partial charge is 0.333 e. The number of aromatic nitrogens is 1. The quantitative estimate of drug-likeness (QED) is 0.736. The van der Waals surface area contributed by atoms with Crippen molar-refractivity contribution in [2.24, 2.45) is 0 Å². The summed E-state index contributed by atoms with van der Waals surface area (Å²) in [6, 6.07) is 11.8. The van der Waals surface area contributed by atoms with Crippen LogP contribution in [0.1, 0.15) is 34.2 Å². The first kappa shape index (κ1) is 15.9. The Morgan fingerprint density at radius 1 is 1.19 bits per heavy atom. The highest BCUT2D eigenvalue weighted by atomic mass is 127. The summed E-state index contributed by atoms with van der Waals surface area (Å²) < 4.78 is 1.02. The van der Waals surface area contributed by atoms with Gasteiger partial charge in [-0.3, -0.25) is 9.78 Å². The summed E-state index contributed by atoms with van der Waals surface area (Å²) in [6.45, 7) is 7.19. The Balaban J connectivity index is 2.25. The Morgan fingerprint density at radius 2 is 1.90 bits per heavy atom. The van der Waals surface area contributed by atoms with Crippen molar-refractivity contribution in [3.8, 4) is 0 Å². The van der Waals surface area contributed by atoms with E-state index in [4.69, 9.17) is 0 Å². The summed E-state index contributed by atoms with van der Waals surface area (Å²) in [7, 11) is 0. The molecule has 0 saturated heterocycles. The molecule has 1 aromatic heterocycles. The normalized spacial score (nSPS) is 10.5. The number of hydrogen-bond donors (Lipinski definition) is 0. The smallest absolute Gasteiger partial charge is 0.255 e. The van der Waals surface area contributed by atoms with E-state index in [0.29, 0.717) is 13.1 Å². The zero-order chi connectivity index (χ0) is 15.4. The van der Waals surface area contributed by atoms with Gasteiger partial charge < -0.3 is 4.90 Å². The number of benzene rings is 1. The maximum atomic E-state index is 12.7. The molecule has 0 radical (unpaired) electrons. The van der Waals surface area contributed by atoms with E-state index in [1.54, 1.807) is 0 Å². The second kappa shape index (κ2) is 7.02. The number of carbonyl (C=O) groups is 1. The average Bonchev–Trinajstić information content (AvgIpc) is 2.47. The molecule has 0 saturated carbocycles. The lowest BCUT2D eigenvalue weighted by Crippen LogP contribution is -2.31. The highest BCUT2D eigenvalue weighted by Gasteiger charge is 2.18. The van der Waals surface area contributed by atoms with Gasteiger partial charge in [0.2, 0.25) is 0 Å². The van der Waals surface area contributed by atoms with Crippen LogP contribution < -0.4 is 0 Å². The van der Waals surface area contributed by atoms with Crippen molar-refractivity contribution < 1.29 is 4.79 Å². The average molecular weight is 394 g/mol. The molecule has 0 N–H and O–H groups in total. The Morgan fingerprint density at radius 3 is 2.57 bits per heavy atom. The molecular formula is C17H19IN2O. The van der Waals surface area contributed by atoms with Crippen molar-refractivity contribution in [1.29, 1.82) is 0 Å². The van der Waals surface area contributed by atoms with Crippen LogP contribution in [-0.2, 0) is 6.54 Å². The Kier molecular flexibility index (Phi) is 5.33. The van der Waals surface area contributed by atoms with E-state index in [2.05, 4.69) is 27.6 Å². The zero-order valence-corrected chi connectivity index (χ0v) is 14.7. The molecule has 1 aromatic carbocycles. The first-order chi connectivity index (χ1) is 10.0. The van der Waals surface area contributed by atoms with Crippen molar-refractivity contribution in [2.45, 2.75) is 27.3 Å². The van der Waals surface area contributed by atoms with Gasteiger partial charge in [-0.2, -0.15) is 0 Å². The van der Waals surface area contributed by atoms with Crippen LogP contribution in [0.4, 0.5) is 0 Å². The van der Waals surface area contributed by atoms with Gasteiger partial charge in [0.25, 0.3) is 5.91 Å². The molecule has 110 valence electrons. The third-order valence-electron chi connectivity index (χ3n) is 3.39. The van der Waals surface area contributed by atoms with Gasteiger partial charge in [0, 0.05) is 15.8 Å². The SMILES string of the molecule is CCN(Cc1cccc(C)n1)C(=O)c1cccc(C)c1I. The van der Waals surface area contributed by atoms with Gasteiger partial charge in [-0.25, -0.2) is 0 Å². The molecule has 0 fully saturated rings. The lowest BCUT2D eigenvalue weighted by molar-refractivity contribution is 0.0749. The topological polar surface area (TPSA) is 33.2 Å². The van der Waals surface area contributed by atoms with Gasteiger partial charge in [0.1, 0.15) is 0 Å². The fourth-order valence-electron chi connectivity index (χ4n) is 2.19. The third-order valence-corrected chi connectivity index (χ3v) is 4.82. The lowest BCUT2D eigenvalue weighted by atomic mass is 10.1. The minimum Gasteiger partial charge on any atom is -0.333 e. The molecule has 1 amide bonds. The number of aryl methyl sites for hydroxylation is 2. The highest BCUT2D eigenvalue weighted by molar-refractivity contribution is 14.1. The number of pyridine rings is 1. The van der Waals surface area contributed by atoms with Crippen LogP contribution in [0.2, 0.25) is 0 Å². The highest BCUT2D eigenvalue weighted by Crippen LogP contribution is 2.19. The van der Waals surface area contributed by atoms with Gasteiger partial charge in [0.05, 0.1) is 17.8 Å². The molecule has 2 aromatic rings. The molecule has 4 heteroatoms. The van der Waals surface area contributed by atoms with Gasteiger partial charge in [-0.1, -0.05) is 18.2 Å². The number of rotatable bonds is 4. The Labute approximate surface area is 139 Å². The number of carbonyl (C=O) groups excluding carboxylic acids is 1. The molecular weight excluding hydrogens is 375 g/mol. The summed E-state index contributed by atoms with van der Waals surface area (Å²) in [4.78, 5) is 19.0. The van der Waals surface area contributed by atoms with E-state index in [1.807, 2.05) is 62.1 Å². The van der Waals surface area contributed by atoms with Gasteiger partial charge >= 0.3 is 0 Å². The van der Waals surface area contributed by atoms with Crippen LogP contribution >= 0.6 is 22.6 Å². The summed E-state index contributed by atoms with van der Waals surface area (Å²) in [6.07, 6.45) is 0. The standard InChI is InChI=1S/C17H19IN2O/c1-4-20(11-14-9-6-8-13(3)19-14)17(21)15-10-5-7-12(2)16(15)18/h5-10H,4,11H2,1-3H3. The minimum absolute atomic E-state index is 0.0638.